The van der Waals surface area contributed by atoms with Crippen molar-refractivity contribution in [2.45, 2.75) is 48.9 Å². The Morgan fingerprint density at radius 3 is 2.18 bits per heavy atom. The molecule has 4 aromatic rings. The standard InChI is InChI=1S/C34H28F6N4O4S2/c1-3-42(4-2)20-14-12-18(13-15-20)25-26-27(30(47)44(29(26)46)21-9-7-8-19(16-21)33(35,36)37)49-31-28(25)50-32(48)43(31)17-24(45)41-23-11-6-5-10-22(23)34(38,39)40/h5-16,25-27H,3-4,17H2,1-2H3,(H,41,45)/t25-,26?,27?/m1/s1. The van der Waals surface area contributed by atoms with E-state index in [9.17, 15) is 45.5 Å². The number of carbonyl (C=O) groups is 3. The molecule has 0 saturated carbocycles. The number of halogens is 6. The van der Waals surface area contributed by atoms with E-state index < -0.39 is 75.4 Å². The number of thiazole rings is 1. The molecule has 6 rings (SSSR count). The van der Waals surface area contributed by atoms with Crippen LogP contribution in [-0.4, -0.2) is 40.6 Å². The van der Waals surface area contributed by atoms with Crippen LogP contribution in [0, 0.1) is 5.92 Å². The number of fused-ring (bicyclic) bond motifs is 2. The molecule has 3 atom stereocenters. The third-order valence-electron chi connectivity index (χ3n) is 8.67. The number of aromatic nitrogens is 1. The Hall–Kier alpha value is -4.57. The third-order valence-corrected chi connectivity index (χ3v) is 11.3. The van der Waals surface area contributed by atoms with Crippen LogP contribution < -0.4 is 20.0 Å². The molecular weight excluding hydrogens is 707 g/mol. The minimum atomic E-state index is -4.76. The number of anilines is 3. The average Bonchev–Trinajstić information content (AvgIpc) is 3.51. The van der Waals surface area contributed by atoms with Crippen molar-refractivity contribution in [1.29, 1.82) is 0 Å². The first-order valence-electron chi connectivity index (χ1n) is 15.4. The van der Waals surface area contributed by atoms with Gasteiger partial charge in [0, 0.05) is 29.6 Å². The smallest absolute Gasteiger partial charge is 0.372 e. The van der Waals surface area contributed by atoms with Crippen LogP contribution in [0.5, 0.6) is 0 Å². The van der Waals surface area contributed by atoms with Gasteiger partial charge in [0.15, 0.2) is 0 Å². The van der Waals surface area contributed by atoms with Crippen molar-refractivity contribution in [2.75, 3.05) is 28.2 Å². The monoisotopic (exact) mass is 734 g/mol. The van der Waals surface area contributed by atoms with Crippen LogP contribution in [0.15, 0.2) is 82.6 Å². The fourth-order valence-electron chi connectivity index (χ4n) is 6.34. The van der Waals surface area contributed by atoms with Crippen LogP contribution in [0.2, 0.25) is 0 Å². The second-order valence-electron chi connectivity index (χ2n) is 11.6. The summed E-state index contributed by atoms with van der Waals surface area (Å²) in [5.41, 5.74) is -1.46. The Labute approximate surface area is 289 Å². The number of amides is 3. The normalized spacial score (nSPS) is 19.0. The molecule has 1 aromatic heterocycles. The van der Waals surface area contributed by atoms with Gasteiger partial charge in [-0.2, -0.15) is 26.3 Å². The van der Waals surface area contributed by atoms with Crippen molar-refractivity contribution in [1.82, 2.24) is 4.57 Å². The zero-order valence-electron chi connectivity index (χ0n) is 26.3. The lowest BCUT2D eigenvalue weighted by Crippen LogP contribution is -2.33. The van der Waals surface area contributed by atoms with Gasteiger partial charge in [-0.1, -0.05) is 53.4 Å². The predicted molar refractivity (Wildman–Crippen MR) is 178 cm³/mol. The number of alkyl halides is 6. The molecule has 0 bridgehead atoms. The van der Waals surface area contributed by atoms with Crippen LogP contribution >= 0.6 is 23.1 Å². The van der Waals surface area contributed by atoms with Gasteiger partial charge in [-0.3, -0.25) is 23.7 Å². The first-order valence-corrected chi connectivity index (χ1v) is 17.1. The summed E-state index contributed by atoms with van der Waals surface area (Å²) in [4.78, 5) is 57.2. The van der Waals surface area contributed by atoms with Gasteiger partial charge in [-0.15, -0.1) is 0 Å². The second kappa shape index (κ2) is 13.3. The fraction of sp³-hybridized carbons (Fsp3) is 0.294. The number of benzene rings is 3. The molecule has 16 heteroatoms. The minimum absolute atomic E-state index is 0.172. The van der Waals surface area contributed by atoms with Gasteiger partial charge < -0.3 is 10.2 Å². The Morgan fingerprint density at radius 2 is 1.54 bits per heavy atom. The number of nitrogens with zero attached hydrogens (tertiary/aromatic N) is 3. The quantitative estimate of drug-likeness (QED) is 0.152. The van der Waals surface area contributed by atoms with Crippen molar-refractivity contribution in [3.05, 3.63) is 104 Å². The Kier molecular flexibility index (Phi) is 9.37. The van der Waals surface area contributed by atoms with E-state index in [1.807, 2.05) is 26.0 Å². The molecule has 50 heavy (non-hydrogen) atoms. The summed E-state index contributed by atoms with van der Waals surface area (Å²) in [5.74, 6) is -4.50. The number of nitrogens with one attached hydrogen (secondary N) is 1. The third kappa shape index (κ3) is 6.41. The SMILES string of the molecule is CCN(CC)c1ccc([C@H]2c3sc(=O)n(CC(=O)Nc4ccccc4C(F)(F)F)c3SC3C(=O)N(c4cccc(C(F)(F)F)c4)C(=O)C32)cc1. The van der Waals surface area contributed by atoms with E-state index in [4.69, 9.17) is 0 Å². The van der Waals surface area contributed by atoms with Crippen LogP contribution in [0.3, 0.4) is 0 Å². The molecule has 2 aliphatic heterocycles. The Bertz CT molecular complexity index is 2020. The lowest BCUT2D eigenvalue weighted by atomic mass is 9.83. The second-order valence-corrected chi connectivity index (χ2v) is 13.7. The topological polar surface area (TPSA) is 91.7 Å². The van der Waals surface area contributed by atoms with Gasteiger partial charge in [0.2, 0.25) is 17.7 Å². The van der Waals surface area contributed by atoms with E-state index >= 15 is 0 Å². The maximum atomic E-state index is 14.1. The molecule has 3 heterocycles. The lowest BCUT2D eigenvalue weighted by Gasteiger charge is -2.31. The van der Waals surface area contributed by atoms with Crippen molar-refractivity contribution in [2.24, 2.45) is 5.92 Å². The predicted octanol–water partition coefficient (Wildman–Crippen LogP) is 7.23. The molecule has 3 aromatic carbocycles. The number of thioether (sulfide) groups is 1. The summed E-state index contributed by atoms with van der Waals surface area (Å²) in [5, 5.41) is 1.20. The number of imide groups is 1. The molecular formula is C34H28F6N4O4S2. The van der Waals surface area contributed by atoms with Crippen molar-refractivity contribution >= 4 is 57.9 Å². The molecule has 3 amide bonds. The van der Waals surface area contributed by atoms with Gasteiger partial charge in [-0.25, -0.2) is 4.90 Å². The largest absolute Gasteiger partial charge is 0.418 e. The molecule has 0 aliphatic carbocycles. The summed E-state index contributed by atoms with van der Waals surface area (Å²) in [6, 6.07) is 15.4. The molecule has 1 fully saturated rings. The van der Waals surface area contributed by atoms with E-state index in [1.165, 1.54) is 18.2 Å². The van der Waals surface area contributed by atoms with E-state index in [1.54, 1.807) is 12.1 Å². The van der Waals surface area contributed by atoms with Crippen LogP contribution in [-0.2, 0) is 33.3 Å². The highest BCUT2D eigenvalue weighted by Gasteiger charge is 2.57. The zero-order valence-corrected chi connectivity index (χ0v) is 28.0. The number of hydrogen-bond donors (Lipinski definition) is 1. The first-order chi connectivity index (χ1) is 23.6. The number of carbonyl (C=O) groups excluding carboxylic acids is 3. The average molecular weight is 735 g/mol. The molecule has 8 nitrogen and oxygen atoms in total. The van der Waals surface area contributed by atoms with Gasteiger partial charge >= 0.3 is 17.2 Å². The number of hydrogen-bond acceptors (Lipinski definition) is 7. The highest BCUT2D eigenvalue weighted by atomic mass is 32.2. The van der Waals surface area contributed by atoms with Crippen LogP contribution in [0.1, 0.15) is 41.3 Å². The highest BCUT2D eigenvalue weighted by Crippen LogP contribution is 2.54. The zero-order chi connectivity index (χ0) is 36.1. The first kappa shape index (κ1) is 35.3. The van der Waals surface area contributed by atoms with E-state index in [0.717, 1.165) is 68.6 Å². The molecule has 2 unspecified atom stereocenters. The van der Waals surface area contributed by atoms with E-state index in [0.29, 0.717) is 23.5 Å². The van der Waals surface area contributed by atoms with Crippen LogP contribution in [0.25, 0.3) is 0 Å². The molecule has 262 valence electrons. The lowest BCUT2D eigenvalue weighted by molar-refractivity contribution is -0.138. The summed E-state index contributed by atoms with van der Waals surface area (Å²) >= 11 is 1.57. The maximum Gasteiger partial charge on any atom is 0.418 e. The van der Waals surface area contributed by atoms with Gasteiger partial charge in [0.1, 0.15) is 11.8 Å². The van der Waals surface area contributed by atoms with Crippen molar-refractivity contribution in [3.8, 4) is 0 Å². The van der Waals surface area contributed by atoms with Gasteiger partial charge in [0.25, 0.3) is 0 Å². The molecule has 0 radical (unpaired) electrons. The molecule has 1 saturated heterocycles. The molecule has 2 aliphatic rings. The van der Waals surface area contributed by atoms with E-state index in [-0.39, 0.29) is 10.7 Å². The number of rotatable bonds is 8. The van der Waals surface area contributed by atoms with E-state index in [2.05, 4.69) is 10.2 Å². The highest BCUT2D eigenvalue weighted by molar-refractivity contribution is 8.00. The summed E-state index contributed by atoms with van der Waals surface area (Å²) in [6.45, 7) is 4.69. The van der Waals surface area contributed by atoms with Gasteiger partial charge in [-0.05, 0) is 61.9 Å². The van der Waals surface area contributed by atoms with Crippen molar-refractivity contribution in [3.63, 3.8) is 0 Å². The minimum Gasteiger partial charge on any atom is -0.372 e. The fourth-order valence-corrected chi connectivity index (χ4v) is 9.12. The number of para-hydroxylation sites is 1. The maximum absolute atomic E-state index is 14.1. The Morgan fingerprint density at radius 1 is 0.860 bits per heavy atom. The molecule has 0 spiro atoms. The van der Waals surface area contributed by atoms with Crippen LogP contribution in [0.4, 0.5) is 43.4 Å². The summed E-state index contributed by atoms with van der Waals surface area (Å²) < 4.78 is 82.6. The Balaban J connectivity index is 1.41. The summed E-state index contributed by atoms with van der Waals surface area (Å²) in [6.07, 6.45) is -9.50. The summed E-state index contributed by atoms with van der Waals surface area (Å²) in [7, 11) is 0. The van der Waals surface area contributed by atoms with Crippen molar-refractivity contribution < 1.29 is 40.7 Å². The van der Waals surface area contributed by atoms with Gasteiger partial charge in [0.05, 0.1) is 33.4 Å². The molecule has 1 N–H and O–H groups in total.